The van der Waals surface area contributed by atoms with Crippen LogP contribution in [0.5, 0.6) is 0 Å². The number of hydrogen-bond donors (Lipinski definition) is 2. The first-order chi connectivity index (χ1) is 12.1. The van der Waals surface area contributed by atoms with Crippen LogP contribution in [0.1, 0.15) is 15.9 Å². The Kier molecular flexibility index (Phi) is 3.50. The van der Waals surface area contributed by atoms with Crippen LogP contribution in [0.4, 0.5) is 10.1 Å². The Morgan fingerprint density at radius 3 is 2.76 bits per heavy atom. The Labute approximate surface area is 142 Å². The van der Waals surface area contributed by atoms with Crippen LogP contribution in [0, 0.1) is 5.82 Å². The number of aromatic nitrogens is 3. The molecule has 0 unspecified atom stereocenters. The number of rotatable bonds is 3. The molecule has 3 N–H and O–H groups in total. The first-order valence-electron chi connectivity index (χ1n) is 7.61. The quantitative estimate of drug-likeness (QED) is 0.444. The van der Waals surface area contributed by atoms with E-state index in [4.69, 9.17) is 5.73 Å². The summed E-state index contributed by atoms with van der Waals surface area (Å²) in [6, 6.07) is 9.97. The molecule has 0 aliphatic rings. The first-order valence-corrected chi connectivity index (χ1v) is 7.61. The fraction of sp³-hybridized carbons (Fsp3) is 0. The monoisotopic (exact) mass is 332 g/mol. The van der Waals surface area contributed by atoms with Gasteiger partial charge in [0.2, 0.25) is 0 Å². The zero-order valence-electron chi connectivity index (χ0n) is 13.0. The fourth-order valence-electron chi connectivity index (χ4n) is 2.75. The highest BCUT2D eigenvalue weighted by Gasteiger charge is 2.19. The summed E-state index contributed by atoms with van der Waals surface area (Å²) in [6.07, 6.45) is 6.64. The van der Waals surface area contributed by atoms with Crippen LogP contribution in [0.2, 0.25) is 0 Å². The van der Waals surface area contributed by atoms with E-state index in [1.165, 1.54) is 18.3 Å². The van der Waals surface area contributed by atoms with Gasteiger partial charge in [0.05, 0.1) is 11.3 Å². The Morgan fingerprint density at radius 1 is 1.08 bits per heavy atom. The molecule has 0 radical (unpaired) electrons. The number of ketones is 1. The maximum atomic E-state index is 14.2. The molecular formula is C19H13FN4O. The molecule has 0 aliphatic carbocycles. The van der Waals surface area contributed by atoms with Gasteiger partial charge in [0, 0.05) is 46.9 Å². The van der Waals surface area contributed by atoms with Crippen molar-refractivity contribution < 1.29 is 9.18 Å². The molecule has 3 heterocycles. The average molecular weight is 332 g/mol. The Morgan fingerprint density at radius 2 is 1.96 bits per heavy atom. The van der Waals surface area contributed by atoms with E-state index >= 15 is 0 Å². The van der Waals surface area contributed by atoms with Gasteiger partial charge in [0.15, 0.2) is 11.6 Å². The zero-order chi connectivity index (χ0) is 17.4. The van der Waals surface area contributed by atoms with Crippen LogP contribution in [0.25, 0.3) is 22.2 Å². The lowest BCUT2D eigenvalue weighted by Crippen LogP contribution is -2.06. The number of halogens is 1. The van der Waals surface area contributed by atoms with Crippen LogP contribution in [-0.4, -0.2) is 20.7 Å². The number of nitrogens with one attached hydrogen (secondary N) is 1. The number of anilines is 1. The Bertz CT molecular complexity index is 1090. The van der Waals surface area contributed by atoms with Gasteiger partial charge in [0.1, 0.15) is 5.65 Å². The van der Waals surface area contributed by atoms with Crippen molar-refractivity contribution >= 4 is 22.5 Å². The molecular weight excluding hydrogens is 319 g/mol. The highest BCUT2D eigenvalue weighted by molar-refractivity contribution is 6.16. The second-order valence-electron chi connectivity index (χ2n) is 5.60. The Hall–Kier alpha value is -3.54. The summed E-state index contributed by atoms with van der Waals surface area (Å²) in [7, 11) is 0. The molecule has 1 aromatic carbocycles. The van der Waals surface area contributed by atoms with Crippen molar-refractivity contribution in [1.82, 2.24) is 15.0 Å². The van der Waals surface area contributed by atoms with E-state index in [0.717, 1.165) is 11.1 Å². The minimum atomic E-state index is -0.710. The summed E-state index contributed by atoms with van der Waals surface area (Å²) in [6.45, 7) is 0. The second-order valence-corrected chi connectivity index (χ2v) is 5.60. The van der Waals surface area contributed by atoms with Crippen LogP contribution < -0.4 is 5.73 Å². The number of carbonyl (C=O) groups is 1. The van der Waals surface area contributed by atoms with Crippen molar-refractivity contribution in [3.05, 3.63) is 78.1 Å². The molecule has 0 saturated carbocycles. The molecule has 0 fully saturated rings. The smallest absolute Gasteiger partial charge is 0.198 e. The molecule has 25 heavy (non-hydrogen) atoms. The second kappa shape index (κ2) is 5.83. The predicted octanol–water partition coefficient (Wildman–Crippen LogP) is 3.58. The molecule has 3 aromatic heterocycles. The van der Waals surface area contributed by atoms with Gasteiger partial charge in [-0.1, -0.05) is 12.1 Å². The molecule has 0 bridgehead atoms. The van der Waals surface area contributed by atoms with Crippen molar-refractivity contribution in [2.24, 2.45) is 0 Å². The van der Waals surface area contributed by atoms with Crippen molar-refractivity contribution in [3.8, 4) is 11.1 Å². The van der Waals surface area contributed by atoms with Crippen LogP contribution in [0.3, 0.4) is 0 Å². The largest absolute Gasteiger partial charge is 0.396 e. The zero-order valence-corrected chi connectivity index (χ0v) is 13.0. The number of benzene rings is 1. The van der Waals surface area contributed by atoms with Gasteiger partial charge in [-0.3, -0.25) is 9.78 Å². The maximum Gasteiger partial charge on any atom is 0.198 e. The van der Waals surface area contributed by atoms with E-state index in [2.05, 4.69) is 15.0 Å². The molecule has 4 rings (SSSR count). The molecule has 0 spiro atoms. The van der Waals surface area contributed by atoms with Gasteiger partial charge in [0.25, 0.3) is 0 Å². The standard InChI is InChI=1S/C19H13FN4O/c20-17-13(4-1-5-16(17)21)18(25)15-10-24-19-14(15)7-12(9-23-19)11-3-2-6-22-8-11/h1-10H,21H2,(H,23,24). The van der Waals surface area contributed by atoms with Crippen molar-refractivity contribution in [1.29, 1.82) is 0 Å². The highest BCUT2D eigenvalue weighted by Crippen LogP contribution is 2.27. The number of aromatic amines is 1. The van der Waals surface area contributed by atoms with Gasteiger partial charge in [-0.15, -0.1) is 0 Å². The van der Waals surface area contributed by atoms with Crippen molar-refractivity contribution in [2.75, 3.05) is 5.73 Å². The number of hydrogen-bond acceptors (Lipinski definition) is 4. The van der Waals surface area contributed by atoms with Crippen LogP contribution >= 0.6 is 0 Å². The minimum absolute atomic E-state index is 0.0557. The minimum Gasteiger partial charge on any atom is -0.396 e. The summed E-state index contributed by atoms with van der Waals surface area (Å²) >= 11 is 0. The third kappa shape index (κ3) is 2.53. The number of H-pyrrole nitrogens is 1. The lowest BCUT2D eigenvalue weighted by atomic mass is 10.0. The topological polar surface area (TPSA) is 84.7 Å². The van der Waals surface area contributed by atoms with Crippen LogP contribution in [0.15, 0.2) is 61.2 Å². The number of pyridine rings is 2. The molecule has 0 aliphatic heterocycles. The molecule has 122 valence electrons. The number of nitrogens with two attached hydrogens (primary N) is 1. The maximum absolute atomic E-state index is 14.2. The lowest BCUT2D eigenvalue weighted by molar-refractivity contribution is 0.103. The van der Waals surface area contributed by atoms with E-state index in [1.54, 1.807) is 24.7 Å². The van der Waals surface area contributed by atoms with Crippen molar-refractivity contribution in [2.45, 2.75) is 0 Å². The third-order valence-electron chi connectivity index (χ3n) is 4.04. The van der Waals surface area contributed by atoms with Gasteiger partial charge in [-0.05, 0) is 24.3 Å². The summed E-state index contributed by atoms with van der Waals surface area (Å²) in [5, 5.41) is 0.619. The van der Waals surface area contributed by atoms with E-state index in [-0.39, 0.29) is 11.3 Å². The summed E-state index contributed by atoms with van der Waals surface area (Å²) < 4.78 is 14.2. The molecule has 0 saturated heterocycles. The molecule has 6 heteroatoms. The number of carbonyl (C=O) groups excluding carboxylic acids is 1. The van der Waals surface area contributed by atoms with Crippen molar-refractivity contribution in [3.63, 3.8) is 0 Å². The molecule has 0 atom stereocenters. The van der Waals surface area contributed by atoms with Gasteiger partial charge in [-0.25, -0.2) is 9.37 Å². The van der Waals surface area contributed by atoms with E-state index in [1.807, 2.05) is 18.2 Å². The van der Waals surface area contributed by atoms with E-state index < -0.39 is 11.6 Å². The number of nitrogens with zero attached hydrogens (tertiary/aromatic N) is 2. The lowest BCUT2D eigenvalue weighted by Gasteiger charge is -2.05. The molecule has 5 nitrogen and oxygen atoms in total. The average Bonchev–Trinajstić information content (AvgIpc) is 3.07. The first kappa shape index (κ1) is 15.0. The summed E-state index contributed by atoms with van der Waals surface area (Å²) in [5.41, 5.74) is 8.06. The normalized spacial score (nSPS) is 10.9. The van der Waals surface area contributed by atoms with Crippen LogP contribution in [-0.2, 0) is 0 Å². The third-order valence-corrected chi connectivity index (χ3v) is 4.04. The molecule has 0 amide bonds. The summed E-state index contributed by atoms with van der Waals surface area (Å²) in [5.74, 6) is -1.15. The number of nitrogen functional groups attached to an aromatic ring is 1. The SMILES string of the molecule is Nc1cccc(C(=O)c2c[nH]c3ncc(-c4cccnc4)cc23)c1F. The van der Waals surface area contributed by atoms with E-state index in [0.29, 0.717) is 16.6 Å². The van der Waals surface area contributed by atoms with E-state index in [9.17, 15) is 9.18 Å². The highest BCUT2D eigenvalue weighted by atomic mass is 19.1. The van der Waals surface area contributed by atoms with Gasteiger partial charge < -0.3 is 10.7 Å². The molecule has 4 aromatic rings. The van der Waals surface area contributed by atoms with Gasteiger partial charge >= 0.3 is 0 Å². The van der Waals surface area contributed by atoms with Gasteiger partial charge in [-0.2, -0.15) is 0 Å². The fourth-order valence-corrected chi connectivity index (χ4v) is 2.75. The Balaban J connectivity index is 1.85. The summed E-state index contributed by atoms with van der Waals surface area (Å²) in [4.78, 5) is 24.2. The predicted molar refractivity (Wildman–Crippen MR) is 93.6 cm³/mol. The number of fused-ring (bicyclic) bond motifs is 1.